The average molecular weight is 483 g/mol. The monoisotopic (exact) mass is 482 g/mol. The van der Waals surface area contributed by atoms with Gasteiger partial charge in [0.2, 0.25) is 15.9 Å². The Bertz CT molecular complexity index is 1280. The van der Waals surface area contributed by atoms with Gasteiger partial charge in [-0.05, 0) is 57.0 Å². The minimum Gasteiger partial charge on any atom is -0.455 e. The number of sulfonamides is 1. The van der Waals surface area contributed by atoms with E-state index in [0.717, 1.165) is 36.2 Å². The van der Waals surface area contributed by atoms with E-state index in [1.165, 1.54) is 16.4 Å². The van der Waals surface area contributed by atoms with Gasteiger partial charge >= 0.3 is 0 Å². The van der Waals surface area contributed by atoms with E-state index >= 15 is 0 Å². The molecule has 0 unspecified atom stereocenters. The van der Waals surface area contributed by atoms with E-state index < -0.39 is 10.0 Å². The van der Waals surface area contributed by atoms with Crippen LogP contribution in [0, 0.1) is 13.8 Å². The van der Waals surface area contributed by atoms with E-state index in [9.17, 15) is 13.2 Å². The summed E-state index contributed by atoms with van der Waals surface area (Å²) in [5, 5.41) is 7.24. The van der Waals surface area contributed by atoms with Crippen LogP contribution >= 0.6 is 0 Å². The first-order chi connectivity index (χ1) is 16.3. The van der Waals surface area contributed by atoms with Crippen LogP contribution in [0.15, 0.2) is 53.4 Å². The first kappa shape index (κ1) is 24.0. The molecule has 0 spiro atoms. The number of rotatable bonds is 7. The van der Waals surface area contributed by atoms with Gasteiger partial charge in [-0.2, -0.15) is 9.40 Å². The normalized spacial score (nSPS) is 14.7. The molecule has 3 aromatic rings. The molecule has 0 saturated carbocycles. The molecule has 0 atom stereocenters. The van der Waals surface area contributed by atoms with E-state index in [-0.39, 0.29) is 17.2 Å². The quantitative estimate of drug-likeness (QED) is 0.545. The van der Waals surface area contributed by atoms with Crippen LogP contribution in [-0.4, -0.2) is 41.5 Å². The zero-order valence-corrected chi connectivity index (χ0v) is 20.6. The fourth-order valence-electron chi connectivity index (χ4n) is 4.15. The van der Waals surface area contributed by atoms with Crippen LogP contribution in [0.2, 0.25) is 0 Å². The van der Waals surface area contributed by atoms with Crippen molar-refractivity contribution >= 4 is 21.6 Å². The van der Waals surface area contributed by atoms with Gasteiger partial charge in [-0.3, -0.25) is 9.48 Å². The van der Waals surface area contributed by atoms with Crippen LogP contribution < -0.4 is 10.1 Å². The molecule has 0 radical (unpaired) electrons. The number of aryl methyl sites for hydroxylation is 2. The Morgan fingerprint density at radius 3 is 2.41 bits per heavy atom. The lowest BCUT2D eigenvalue weighted by atomic mass is 10.1. The topological polar surface area (TPSA) is 93.5 Å². The molecular weight excluding hydrogens is 452 g/mol. The summed E-state index contributed by atoms with van der Waals surface area (Å²) >= 11 is 0. The number of aromatic nitrogens is 2. The summed E-state index contributed by atoms with van der Waals surface area (Å²) in [6, 6.07) is 13.8. The molecular formula is C25H30N4O4S. The number of nitrogens with one attached hydrogen (secondary N) is 1. The number of benzene rings is 2. The highest BCUT2D eigenvalue weighted by Crippen LogP contribution is 2.33. The number of carbonyl (C=O) groups excluding carboxylic acids is 1. The second kappa shape index (κ2) is 9.99. The Morgan fingerprint density at radius 2 is 1.76 bits per heavy atom. The third kappa shape index (κ3) is 5.15. The number of hydrogen-bond acceptors (Lipinski definition) is 5. The van der Waals surface area contributed by atoms with Crippen LogP contribution in [-0.2, 0) is 28.3 Å². The lowest BCUT2D eigenvalue weighted by molar-refractivity contribution is -0.115. The molecule has 1 saturated heterocycles. The van der Waals surface area contributed by atoms with E-state index in [1.807, 2.05) is 39.1 Å². The Hall–Kier alpha value is -3.17. The van der Waals surface area contributed by atoms with Crippen molar-refractivity contribution in [1.29, 1.82) is 0 Å². The van der Waals surface area contributed by atoms with Crippen molar-refractivity contribution in [3.63, 3.8) is 0 Å². The maximum atomic E-state index is 13.2. The lowest BCUT2D eigenvalue weighted by Crippen LogP contribution is -2.35. The molecule has 1 N–H and O–H groups in total. The van der Waals surface area contributed by atoms with Crippen molar-refractivity contribution in [2.75, 3.05) is 18.4 Å². The summed E-state index contributed by atoms with van der Waals surface area (Å²) in [6.07, 6.45) is 2.85. The van der Waals surface area contributed by atoms with Crippen molar-refractivity contribution in [3.8, 4) is 11.5 Å². The Kier molecular flexibility index (Phi) is 7.04. The van der Waals surface area contributed by atoms with Crippen molar-refractivity contribution in [2.45, 2.75) is 44.4 Å². The summed E-state index contributed by atoms with van der Waals surface area (Å²) in [6.45, 7) is 4.79. The molecule has 9 heteroatoms. The number of nitrogens with zero attached hydrogens (tertiary/aromatic N) is 3. The third-order valence-electron chi connectivity index (χ3n) is 6.15. The Labute approximate surface area is 200 Å². The predicted octanol–water partition coefficient (Wildman–Crippen LogP) is 4.19. The van der Waals surface area contributed by atoms with Crippen LogP contribution in [0.3, 0.4) is 0 Å². The number of piperidine rings is 1. The van der Waals surface area contributed by atoms with Crippen LogP contribution in [0.4, 0.5) is 5.69 Å². The highest BCUT2D eigenvalue weighted by molar-refractivity contribution is 7.89. The van der Waals surface area contributed by atoms with Crippen LogP contribution in [0.5, 0.6) is 11.5 Å². The average Bonchev–Trinajstić information content (AvgIpc) is 3.07. The third-order valence-corrected chi connectivity index (χ3v) is 8.04. The molecule has 1 amide bonds. The summed E-state index contributed by atoms with van der Waals surface area (Å²) in [5.41, 5.74) is 2.86. The van der Waals surface area contributed by atoms with E-state index in [4.69, 9.17) is 4.74 Å². The van der Waals surface area contributed by atoms with E-state index in [1.54, 1.807) is 22.9 Å². The number of hydrogen-bond donors (Lipinski definition) is 1. The molecule has 2 heterocycles. The number of anilines is 1. The standard InChI is InChI=1S/C25H30N4O4S/c1-18-22(19(2)28(3)27-18)17-25(30)26-23-16-21(34(31,32)29-14-8-5-9-15-29)12-13-24(23)33-20-10-6-4-7-11-20/h4,6-7,10-13,16H,5,8-9,14-15,17H2,1-3H3,(H,26,30). The summed E-state index contributed by atoms with van der Waals surface area (Å²) < 4.78 is 35.7. The van der Waals surface area contributed by atoms with Gasteiger partial charge in [-0.15, -0.1) is 0 Å². The number of carbonyl (C=O) groups is 1. The van der Waals surface area contributed by atoms with Gasteiger partial charge in [0.1, 0.15) is 5.75 Å². The van der Waals surface area contributed by atoms with Gasteiger partial charge in [-0.1, -0.05) is 24.6 Å². The first-order valence-corrected chi connectivity index (χ1v) is 12.9. The number of amides is 1. The highest BCUT2D eigenvalue weighted by Gasteiger charge is 2.27. The van der Waals surface area contributed by atoms with Gasteiger partial charge in [0.15, 0.2) is 5.75 Å². The molecule has 1 aromatic heterocycles. The van der Waals surface area contributed by atoms with Crippen LogP contribution in [0.25, 0.3) is 0 Å². The molecule has 180 valence electrons. The molecule has 0 bridgehead atoms. The number of para-hydroxylation sites is 1. The molecule has 0 aliphatic carbocycles. The molecule has 1 aliphatic heterocycles. The molecule has 1 fully saturated rings. The zero-order chi connectivity index (χ0) is 24.3. The second-order valence-electron chi connectivity index (χ2n) is 8.54. The molecule has 4 rings (SSSR count). The Balaban J connectivity index is 1.65. The van der Waals surface area contributed by atoms with E-state index in [2.05, 4.69) is 10.4 Å². The summed E-state index contributed by atoms with van der Waals surface area (Å²) in [5.74, 6) is 0.685. The van der Waals surface area contributed by atoms with E-state index in [0.29, 0.717) is 30.3 Å². The van der Waals surface area contributed by atoms with Gasteiger partial charge in [0.05, 0.1) is 22.7 Å². The minimum absolute atomic E-state index is 0.124. The maximum Gasteiger partial charge on any atom is 0.243 e. The second-order valence-corrected chi connectivity index (χ2v) is 10.5. The lowest BCUT2D eigenvalue weighted by Gasteiger charge is -2.26. The minimum atomic E-state index is -3.67. The molecule has 8 nitrogen and oxygen atoms in total. The summed E-state index contributed by atoms with van der Waals surface area (Å²) in [7, 11) is -1.83. The Morgan fingerprint density at radius 1 is 1.06 bits per heavy atom. The van der Waals surface area contributed by atoms with Crippen LogP contribution in [0.1, 0.15) is 36.2 Å². The SMILES string of the molecule is Cc1nn(C)c(C)c1CC(=O)Nc1cc(S(=O)(=O)N2CCCCC2)ccc1Oc1ccccc1. The number of ether oxygens (including phenoxy) is 1. The zero-order valence-electron chi connectivity index (χ0n) is 19.7. The fourth-order valence-corrected chi connectivity index (χ4v) is 5.70. The predicted molar refractivity (Wildman–Crippen MR) is 131 cm³/mol. The molecule has 34 heavy (non-hydrogen) atoms. The van der Waals surface area contributed by atoms with Gasteiger partial charge in [0.25, 0.3) is 0 Å². The fraction of sp³-hybridized carbons (Fsp3) is 0.360. The molecule has 2 aromatic carbocycles. The van der Waals surface area contributed by atoms with Gasteiger partial charge < -0.3 is 10.1 Å². The first-order valence-electron chi connectivity index (χ1n) is 11.4. The van der Waals surface area contributed by atoms with Crippen molar-refractivity contribution < 1.29 is 17.9 Å². The smallest absolute Gasteiger partial charge is 0.243 e. The maximum absolute atomic E-state index is 13.2. The van der Waals surface area contributed by atoms with Gasteiger partial charge in [-0.25, -0.2) is 8.42 Å². The van der Waals surface area contributed by atoms with Crippen molar-refractivity contribution in [1.82, 2.24) is 14.1 Å². The van der Waals surface area contributed by atoms with Crippen molar-refractivity contribution in [2.24, 2.45) is 7.05 Å². The molecule has 1 aliphatic rings. The van der Waals surface area contributed by atoms with Gasteiger partial charge in [0, 0.05) is 31.4 Å². The van der Waals surface area contributed by atoms with Crippen molar-refractivity contribution in [3.05, 3.63) is 65.5 Å². The largest absolute Gasteiger partial charge is 0.455 e. The highest BCUT2D eigenvalue weighted by atomic mass is 32.2. The summed E-state index contributed by atoms with van der Waals surface area (Å²) in [4.78, 5) is 13.1.